The van der Waals surface area contributed by atoms with E-state index in [1.807, 2.05) is 0 Å². The molecule has 2 aliphatic carbocycles. The number of amides is 1. The van der Waals surface area contributed by atoms with Crippen LogP contribution in [0.3, 0.4) is 0 Å². The van der Waals surface area contributed by atoms with Crippen molar-refractivity contribution >= 4 is 5.91 Å². The van der Waals surface area contributed by atoms with Gasteiger partial charge >= 0.3 is 0 Å². The zero-order valence-electron chi connectivity index (χ0n) is 13.2. The summed E-state index contributed by atoms with van der Waals surface area (Å²) >= 11 is 0. The van der Waals surface area contributed by atoms with E-state index in [0.717, 1.165) is 37.6 Å². The van der Waals surface area contributed by atoms with Crippen molar-refractivity contribution in [1.82, 2.24) is 5.32 Å². The fourth-order valence-electron chi connectivity index (χ4n) is 4.25. The maximum atomic E-state index is 12.3. The minimum Gasteiger partial charge on any atom is -0.356 e. The van der Waals surface area contributed by atoms with Gasteiger partial charge < -0.3 is 11.1 Å². The summed E-state index contributed by atoms with van der Waals surface area (Å²) in [7, 11) is 0. The third-order valence-corrected chi connectivity index (χ3v) is 5.47. The Morgan fingerprint density at radius 1 is 1.15 bits per heavy atom. The Kier molecular flexibility index (Phi) is 5.88. The third-order valence-electron chi connectivity index (χ3n) is 5.47. The molecule has 1 amide bonds. The molecule has 5 unspecified atom stereocenters. The normalized spacial score (nSPS) is 38.5. The van der Waals surface area contributed by atoms with Crippen molar-refractivity contribution in [2.45, 2.75) is 71.3 Å². The number of carbonyl (C=O) groups is 1. The van der Waals surface area contributed by atoms with Crippen molar-refractivity contribution in [2.75, 3.05) is 6.54 Å². The number of nitrogens with one attached hydrogen (secondary N) is 1. The molecule has 0 aromatic rings. The third kappa shape index (κ3) is 4.21. The number of carbonyl (C=O) groups excluding carboxylic acids is 1. The van der Waals surface area contributed by atoms with E-state index in [2.05, 4.69) is 19.2 Å². The van der Waals surface area contributed by atoms with Crippen molar-refractivity contribution < 1.29 is 4.79 Å². The molecule has 5 atom stereocenters. The van der Waals surface area contributed by atoms with Gasteiger partial charge in [0.2, 0.25) is 5.91 Å². The Labute approximate surface area is 124 Å². The smallest absolute Gasteiger partial charge is 0.224 e. The molecule has 2 fully saturated rings. The summed E-state index contributed by atoms with van der Waals surface area (Å²) in [5.41, 5.74) is 6.14. The highest BCUT2D eigenvalue weighted by atomic mass is 16.1. The molecule has 0 radical (unpaired) electrons. The first kappa shape index (κ1) is 15.8. The summed E-state index contributed by atoms with van der Waals surface area (Å²) < 4.78 is 0. The zero-order chi connectivity index (χ0) is 14.5. The molecule has 2 aliphatic rings. The molecule has 0 aliphatic heterocycles. The van der Waals surface area contributed by atoms with Crippen molar-refractivity contribution in [1.29, 1.82) is 0 Å². The van der Waals surface area contributed by atoms with Gasteiger partial charge in [0.1, 0.15) is 0 Å². The molecule has 0 bridgehead atoms. The second-order valence-corrected chi connectivity index (χ2v) is 7.32. The van der Waals surface area contributed by atoms with E-state index in [-0.39, 0.29) is 17.9 Å². The van der Waals surface area contributed by atoms with Crippen LogP contribution >= 0.6 is 0 Å². The van der Waals surface area contributed by atoms with E-state index in [0.29, 0.717) is 5.92 Å². The minimum absolute atomic E-state index is 0.0361. The van der Waals surface area contributed by atoms with Crippen LogP contribution in [0.2, 0.25) is 0 Å². The topological polar surface area (TPSA) is 55.1 Å². The number of hydrogen-bond donors (Lipinski definition) is 2. The van der Waals surface area contributed by atoms with Gasteiger partial charge in [-0.2, -0.15) is 0 Å². The summed E-state index contributed by atoms with van der Waals surface area (Å²) in [5.74, 6) is 2.36. The van der Waals surface area contributed by atoms with E-state index in [1.165, 1.54) is 32.1 Å². The van der Waals surface area contributed by atoms with E-state index in [4.69, 9.17) is 5.73 Å². The van der Waals surface area contributed by atoms with Gasteiger partial charge in [-0.25, -0.2) is 0 Å². The largest absolute Gasteiger partial charge is 0.356 e. The molecular formula is C17H32N2O. The average Bonchev–Trinajstić information content (AvgIpc) is 2.38. The van der Waals surface area contributed by atoms with Crippen LogP contribution in [0.5, 0.6) is 0 Å². The van der Waals surface area contributed by atoms with Crippen molar-refractivity contribution in [2.24, 2.45) is 29.4 Å². The van der Waals surface area contributed by atoms with Gasteiger partial charge in [-0.3, -0.25) is 4.79 Å². The Bertz CT molecular complexity index is 308. The second-order valence-electron chi connectivity index (χ2n) is 7.32. The fourth-order valence-corrected chi connectivity index (χ4v) is 4.25. The lowest BCUT2D eigenvalue weighted by Crippen LogP contribution is -2.47. The highest BCUT2D eigenvalue weighted by Gasteiger charge is 2.33. The SMILES string of the molecule is CC1CCCC(CCNC(=O)C2C(C)CCCC2N)C1. The zero-order valence-corrected chi connectivity index (χ0v) is 13.2. The van der Waals surface area contributed by atoms with Gasteiger partial charge in [-0.1, -0.05) is 39.5 Å². The van der Waals surface area contributed by atoms with Crippen LogP contribution in [0.4, 0.5) is 0 Å². The van der Waals surface area contributed by atoms with E-state index < -0.39 is 0 Å². The molecule has 3 heteroatoms. The lowest BCUT2D eigenvalue weighted by atomic mass is 9.76. The van der Waals surface area contributed by atoms with Gasteiger partial charge in [0.05, 0.1) is 5.92 Å². The van der Waals surface area contributed by atoms with Crippen LogP contribution in [0, 0.1) is 23.7 Å². The minimum atomic E-state index is 0.0361. The Balaban J connectivity index is 1.71. The molecule has 0 aromatic carbocycles. The van der Waals surface area contributed by atoms with Crippen molar-refractivity contribution in [3.05, 3.63) is 0 Å². The molecule has 0 heterocycles. The molecule has 0 aromatic heterocycles. The summed E-state index contributed by atoms with van der Waals surface area (Å²) in [6.45, 7) is 5.37. The first-order valence-electron chi connectivity index (χ1n) is 8.61. The predicted molar refractivity (Wildman–Crippen MR) is 83.2 cm³/mol. The lowest BCUT2D eigenvalue weighted by Gasteiger charge is -2.33. The molecule has 0 spiro atoms. The van der Waals surface area contributed by atoms with Crippen LogP contribution in [-0.2, 0) is 4.79 Å². The van der Waals surface area contributed by atoms with Gasteiger partial charge in [0, 0.05) is 12.6 Å². The number of nitrogens with two attached hydrogens (primary N) is 1. The van der Waals surface area contributed by atoms with Crippen molar-refractivity contribution in [3.63, 3.8) is 0 Å². The summed E-state index contributed by atoms with van der Waals surface area (Å²) in [5, 5.41) is 3.16. The van der Waals surface area contributed by atoms with E-state index in [1.54, 1.807) is 0 Å². The van der Waals surface area contributed by atoms with Crippen LogP contribution in [-0.4, -0.2) is 18.5 Å². The van der Waals surface area contributed by atoms with Crippen LogP contribution in [0.15, 0.2) is 0 Å². The Hall–Kier alpha value is -0.570. The maximum Gasteiger partial charge on any atom is 0.224 e. The predicted octanol–water partition coefficient (Wildman–Crippen LogP) is 3.08. The molecule has 3 N–H and O–H groups in total. The highest BCUT2D eigenvalue weighted by molar-refractivity contribution is 5.79. The summed E-state index contributed by atoms with van der Waals surface area (Å²) in [6.07, 6.45) is 9.91. The van der Waals surface area contributed by atoms with Gasteiger partial charge in [0.15, 0.2) is 0 Å². The van der Waals surface area contributed by atoms with Gasteiger partial charge in [-0.05, 0) is 43.4 Å². The number of hydrogen-bond acceptors (Lipinski definition) is 2. The average molecular weight is 280 g/mol. The Morgan fingerprint density at radius 3 is 2.60 bits per heavy atom. The van der Waals surface area contributed by atoms with Gasteiger partial charge in [0.25, 0.3) is 0 Å². The highest BCUT2D eigenvalue weighted by Crippen LogP contribution is 2.31. The van der Waals surface area contributed by atoms with Crippen molar-refractivity contribution in [3.8, 4) is 0 Å². The Morgan fingerprint density at radius 2 is 1.90 bits per heavy atom. The molecular weight excluding hydrogens is 248 g/mol. The van der Waals surface area contributed by atoms with Gasteiger partial charge in [-0.15, -0.1) is 0 Å². The fraction of sp³-hybridized carbons (Fsp3) is 0.941. The van der Waals surface area contributed by atoms with Crippen LogP contribution in [0.25, 0.3) is 0 Å². The first-order valence-corrected chi connectivity index (χ1v) is 8.61. The number of rotatable bonds is 4. The summed E-state index contributed by atoms with van der Waals surface area (Å²) in [6, 6.07) is 0.0634. The molecule has 0 saturated heterocycles. The lowest BCUT2D eigenvalue weighted by molar-refractivity contribution is -0.128. The molecule has 20 heavy (non-hydrogen) atoms. The summed E-state index contributed by atoms with van der Waals surface area (Å²) in [4.78, 5) is 12.3. The first-order chi connectivity index (χ1) is 9.58. The van der Waals surface area contributed by atoms with Crippen LogP contribution < -0.4 is 11.1 Å². The molecule has 2 rings (SSSR count). The monoisotopic (exact) mass is 280 g/mol. The quantitative estimate of drug-likeness (QED) is 0.831. The van der Waals surface area contributed by atoms with E-state index in [9.17, 15) is 4.79 Å². The van der Waals surface area contributed by atoms with Crippen LogP contribution in [0.1, 0.15) is 65.2 Å². The molecule has 2 saturated carbocycles. The molecule has 116 valence electrons. The second kappa shape index (κ2) is 7.44. The molecule has 3 nitrogen and oxygen atoms in total. The maximum absolute atomic E-state index is 12.3. The standard InChI is InChI=1S/C17H32N2O/c1-12-5-3-7-14(11-12)9-10-19-17(20)16-13(2)6-4-8-15(16)18/h12-16H,3-11,18H2,1-2H3,(H,19,20). The van der Waals surface area contributed by atoms with E-state index >= 15 is 0 Å².